The van der Waals surface area contributed by atoms with Gasteiger partial charge in [-0.2, -0.15) is 0 Å². The summed E-state index contributed by atoms with van der Waals surface area (Å²) >= 11 is 6.30. The van der Waals surface area contributed by atoms with Crippen molar-refractivity contribution in [2.75, 3.05) is 0 Å². The second-order valence-electron chi connectivity index (χ2n) is 5.14. The lowest BCUT2D eigenvalue weighted by Crippen LogP contribution is -2.40. The molecule has 2 unspecified atom stereocenters. The van der Waals surface area contributed by atoms with Gasteiger partial charge in [0.2, 0.25) is 5.91 Å². The lowest BCUT2D eigenvalue weighted by Gasteiger charge is -2.21. The molecule has 2 nitrogen and oxygen atoms in total. The van der Waals surface area contributed by atoms with Crippen molar-refractivity contribution in [2.24, 2.45) is 0 Å². The normalized spacial score (nSPS) is 25.3. The Kier molecular flexibility index (Phi) is 7.67. The largest absolute Gasteiger partial charge is 0.352 e. The Morgan fingerprint density at radius 3 is 2.71 bits per heavy atom. The zero-order chi connectivity index (χ0) is 12.5. The Hall–Kier alpha value is -0.240. The molecule has 17 heavy (non-hydrogen) atoms. The van der Waals surface area contributed by atoms with Crippen molar-refractivity contribution in [3.63, 3.8) is 0 Å². The number of halogens is 1. The van der Waals surface area contributed by atoms with Crippen LogP contribution in [0.25, 0.3) is 0 Å². The van der Waals surface area contributed by atoms with Crippen LogP contribution < -0.4 is 5.32 Å². The van der Waals surface area contributed by atoms with Gasteiger partial charge in [0, 0.05) is 12.5 Å². The van der Waals surface area contributed by atoms with E-state index in [4.69, 9.17) is 11.6 Å². The number of hydrogen-bond donors (Lipinski definition) is 1. The molecule has 1 N–H and O–H groups in total. The highest BCUT2D eigenvalue weighted by atomic mass is 35.5. The lowest BCUT2D eigenvalue weighted by molar-refractivity contribution is -0.122. The maximum Gasteiger partial charge on any atom is 0.220 e. The molecule has 0 aliphatic heterocycles. The van der Waals surface area contributed by atoms with Crippen LogP contribution in [-0.4, -0.2) is 17.3 Å². The monoisotopic (exact) mass is 259 g/mol. The molecular weight excluding hydrogens is 234 g/mol. The van der Waals surface area contributed by atoms with Crippen LogP contribution in [0.3, 0.4) is 0 Å². The van der Waals surface area contributed by atoms with Gasteiger partial charge in [0.15, 0.2) is 0 Å². The van der Waals surface area contributed by atoms with Crippen molar-refractivity contribution >= 4 is 17.5 Å². The summed E-state index contributed by atoms with van der Waals surface area (Å²) in [6, 6.07) is 0.206. The molecule has 1 aliphatic rings. The molecule has 1 rings (SSSR count). The van der Waals surface area contributed by atoms with Crippen molar-refractivity contribution in [1.29, 1.82) is 0 Å². The first-order chi connectivity index (χ1) is 8.24. The summed E-state index contributed by atoms with van der Waals surface area (Å²) in [4.78, 5) is 11.8. The van der Waals surface area contributed by atoms with Crippen LogP contribution >= 0.6 is 11.6 Å². The first-order valence-electron chi connectivity index (χ1n) is 7.17. The fourth-order valence-corrected chi connectivity index (χ4v) is 2.76. The minimum atomic E-state index is 0.136. The summed E-state index contributed by atoms with van der Waals surface area (Å²) in [7, 11) is 0. The molecular formula is C14H26ClNO. The number of carbonyl (C=O) groups is 1. The fraction of sp³-hybridized carbons (Fsp3) is 0.929. The van der Waals surface area contributed by atoms with Crippen molar-refractivity contribution in [3.8, 4) is 0 Å². The minimum Gasteiger partial charge on any atom is -0.352 e. The number of unbranched alkanes of at least 4 members (excludes halogenated alkanes) is 3. The Bertz CT molecular complexity index is 220. The summed E-state index contributed by atoms with van der Waals surface area (Å²) in [5, 5.41) is 3.25. The lowest BCUT2D eigenvalue weighted by atomic mass is 10.1. The topological polar surface area (TPSA) is 29.1 Å². The molecule has 1 fully saturated rings. The van der Waals surface area contributed by atoms with Gasteiger partial charge in [0.1, 0.15) is 0 Å². The third kappa shape index (κ3) is 6.30. The molecule has 1 aliphatic carbocycles. The average Bonchev–Trinajstić information content (AvgIpc) is 2.51. The van der Waals surface area contributed by atoms with E-state index < -0.39 is 0 Å². The van der Waals surface area contributed by atoms with E-state index in [2.05, 4.69) is 12.2 Å². The number of alkyl halides is 1. The Labute approximate surface area is 110 Å². The third-order valence-corrected chi connectivity index (χ3v) is 4.06. The summed E-state index contributed by atoms with van der Waals surface area (Å²) in [5.41, 5.74) is 0. The van der Waals surface area contributed by atoms with Crippen LogP contribution in [0.4, 0.5) is 0 Å². The van der Waals surface area contributed by atoms with E-state index in [1.54, 1.807) is 0 Å². The first kappa shape index (κ1) is 14.8. The van der Waals surface area contributed by atoms with E-state index in [1.165, 1.54) is 38.5 Å². The molecule has 0 radical (unpaired) electrons. The molecule has 0 aromatic carbocycles. The van der Waals surface area contributed by atoms with E-state index in [-0.39, 0.29) is 17.3 Å². The molecule has 0 saturated heterocycles. The van der Waals surface area contributed by atoms with Crippen LogP contribution in [-0.2, 0) is 4.79 Å². The van der Waals surface area contributed by atoms with Gasteiger partial charge in [-0.1, -0.05) is 45.4 Å². The van der Waals surface area contributed by atoms with Gasteiger partial charge in [-0.05, 0) is 19.3 Å². The molecule has 100 valence electrons. The molecule has 0 aromatic rings. The molecule has 1 amide bonds. The van der Waals surface area contributed by atoms with Gasteiger partial charge in [0.25, 0.3) is 0 Å². The predicted molar refractivity (Wildman–Crippen MR) is 73.4 cm³/mol. The van der Waals surface area contributed by atoms with Gasteiger partial charge >= 0.3 is 0 Å². The maximum absolute atomic E-state index is 11.8. The number of nitrogens with one attached hydrogen (secondary N) is 1. The van der Waals surface area contributed by atoms with Crippen LogP contribution in [0.2, 0.25) is 0 Å². The molecule has 0 aromatic heterocycles. The van der Waals surface area contributed by atoms with Crippen LogP contribution in [0.1, 0.15) is 71.1 Å². The zero-order valence-corrected chi connectivity index (χ0v) is 11.8. The van der Waals surface area contributed by atoms with Crippen LogP contribution in [0, 0.1) is 0 Å². The first-order valence-corrected chi connectivity index (χ1v) is 7.61. The van der Waals surface area contributed by atoms with E-state index in [9.17, 15) is 4.79 Å². The minimum absolute atomic E-state index is 0.136. The molecule has 0 heterocycles. The number of hydrogen-bond acceptors (Lipinski definition) is 1. The number of amides is 1. The van der Waals surface area contributed by atoms with Gasteiger partial charge in [-0.25, -0.2) is 0 Å². The molecule has 2 atom stereocenters. The van der Waals surface area contributed by atoms with E-state index >= 15 is 0 Å². The second kappa shape index (κ2) is 8.79. The molecule has 3 heteroatoms. The van der Waals surface area contributed by atoms with Crippen molar-refractivity contribution in [3.05, 3.63) is 0 Å². The smallest absolute Gasteiger partial charge is 0.220 e. The van der Waals surface area contributed by atoms with E-state index in [0.717, 1.165) is 19.3 Å². The Balaban J connectivity index is 2.19. The molecule has 1 saturated carbocycles. The molecule has 0 bridgehead atoms. The number of rotatable bonds is 6. The third-order valence-electron chi connectivity index (χ3n) is 3.54. The predicted octanol–water partition coefficient (Wildman–Crippen LogP) is 4.01. The van der Waals surface area contributed by atoms with Gasteiger partial charge in [-0.3, -0.25) is 4.79 Å². The van der Waals surface area contributed by atoms with Crippen molar-refractivity contribution < 1.29 is 4.79 Å². The van der Waals surface area contributed by atoms with E-state index in [1.807, 2.05) is 0 Å². The SMILES string of the molecule is CCCCCCC(=O)NC1CCCCCC1Cl. The van der Waals surface area contributed by atoms with Gasteiger partial charge in [0.05, 0.1) is 5.38 Å². The van der Waals surface area contributed by atoms with Crippen LogP contribution in [0.15, 0.2) is 0 Å². The summed E-state index contributed by atoms with van der Waals surface area (Å²) in [5.74, 6) is 0.193. The highest BCUT2D eigenvalue weighted by molar-refractivity contribution is 6.21. The Morgan fingerprint density at radius 1 is 1.18 bits per heavy atom. The summed E-state index contributed by atoms with van der Waals surface area (Å²) in [6.45, 7) is 2.18. The average molecular weight is 260 g/mol. The molecule has 0 spiro atoms. The maximum atomic E-state index is 11.8. The van der Waals surface area contributed by atoms with Crippen molar-refractivity contribution in [1.82, 2.24) is 5.32 Å². The summed E-state index contributed by atoms with van der Waals surface area (Å²) in [6.07, 6.45) is 11.0. The zero-order valence-electron chi connectivity index (χ0n) is 11.0. The highest BCUT2D eigenvalue weighted by Gasteiger charge is 2.22. The van der Waals surface area contributed by atoms with Crippen molar-refractivity contribution in [2.45, 2.75) is 82.6 Å². The fourth-order valence-electron chi connectivity index (χ4n) is 2.42. The number of carbonyl (C=O) groups excluding carboxylic acids is 1. The highest BCUT2D eigenvalue weighted by Crippen LogP contribution is 2.22. The van der Waals surface area contributed by atoms with Gasteiger partial charge < -0.3 is 5.32 Å². The van der Waals surface area contributed by atoms with Crippen LogP contribution in [0.5, 0.6) is 0 Å². The summed E-state index contributed by atoms with van der Waals surface area (Å²) < 4.78 is 0. The Morgan fingerprint density at radius 2 is 1.94 bits per heavy atom. The van der Waals surface area contributed by atoms with Gasteiger partial charge in [-0.15, -0.1) is 11.6 Å². The van der Waals surface area contributed by atoms with E-state index in [0.29, 0.717) is 6.42 Å². The second-order valence-corrected chi connectivity index (χ2v) is 5.70. The standard InChI is InChI=1S/C14H26ClNO/c1-2-3-4-8-11-14(17)16-13-10-7-5-6-9-12(13)15/h12-13H,2-11H2,1H3,(H,16,17). The quantitative estimate of drug-likeness (QED) is 0.436.